The lowest BCUT2D eigenvalue weighted by Crippen LogP contribution is -2.31. The number of nitrogens with zero attached hydrogens (tertiary/aromatic N) is 2. The number of anilines is 1. The zero-order valence-corrected chi connectivity index (χ0v) is 11.7. The normalized spacial score (nSPS) is 13.9. The summed E-state index contributed by atoms with van der Waals surface area (Å²) < 4.78 is 0. The van der Waals surface area contributed by atoms with Gasteiger partial charge in [-0.2, -0.15) is 0 Å². The zero-order chi connectivity index (χ0) is 14.3. The maximum Gasteiger partial charge on any atom is 0.261 e. The van der Waals surface area contributed by atoms with E-state index in [1.165, 1.54) is 4.90 Å². The smallest absolute Gasteiger partial charge is 0.261 e. The van der Waals surface area contributed by atoms with Crippen molar-refractivity contribution in [2.45, 2.75) is 13.3 Å². The Morgan fingerprint density at radius 1 is 1.25 bits per heavy atom. The molecule has 2 heterocycles. The van der Waals surface area contributed by atoms with Crippen molar-refractivity contribution >= 4 is 28.8 Å². The zero-order valence-electron chi connectivity index (χ0n) is 10.9. The molecular weight excluding hydrogens is 274 g/mol. The van der Waals surface area contributed by atoms with Crippen molar-refractivity contribution in [2.24, 2.45) is 0 Å². The van der Waals surface area contributed by atoms with Gasteiger partial charge in [0.15, 0.2) is 0 Å². The van der Waals surface area contributed by atoms with Crippen LogP contribution in [0, 0.1) is 6.92 Å². The Morgan fingerprint density at radius 3 is 2.70 bits per heavy atom. The molecule has 0 atom stereocenters. The molecule has 20 heavy (non-hydrogen) atoms. The number of hydrogen-bond donors (Lipinski definition) is 1. The van der Waals surface area contributed by atoms with E-state index in [0.717, 1.165) is 10.7 Å². The fraction of sp³-hybridized carbons (Fsp3) is 0.214. The molecule has 1 aliphatic heterocycles. The number of imide groups is 1. The fourth-order valence-electron chi connectivity index (χ4n) is 2.26. The van der Waals surface area contributed by atoms with Crippen LogP contribution in [0.3, 0.4) is 0 Å². The van der Waals surface area contributed by atoms with E-state index in [4.69, 9.17) is 5.73 Å². The van der Waals surface area contributed by atoms with E-state index in [2.05, 4.69) is 4.98 Å². The second kappa shape index (κ2) is 4.72. The number of nitrogen functional groups attached to an aromatic ring is 1. The molecule has 1 aromatic heterocycles. The maximum atomic E-state index is 12.2. The lowest BCUT2D eigenvalue weighted by molar-refractivity contribution is 0.0656. The summed E-state index contributed by atoms with van der Waals surface area (Å²) in [6, 6.07) is 4.80. The SMILES string of the molecule is Cc1nc(CCN2C(=O)c3ccc(N)cc3C2=O)cs1. The molecule has 2 amide bonds. The van der Waals surface area contributed by atoms with E-state index in [0.29, 0.717) is 29.8 Å². The van der Waals surface area contributed by atoms with Gasteiger partial charge in [0.25, 0.3) is 11.8 Å². The van der Waals surface area contributed by atoms with E-state index < -0.39 is 0 Å². The molecule has 1 aromatic carbocycles. The van der Waals surface area contributed by atoms with Crippen LogP contribution < -0.4 is 5.73 Å². The number of fused-ring (bicyclic) bond motifs is 1. The summed E-state index contributed by atoms with van der Waals surface area (Å²) in [5.41, 5.74) is 7.88. The Balaban J connectivity index is 1.79. The van der Waals surface area contributed by atoms with Crippen molar-refractivity contribution in [2.75, 3.05) is 12.3 Å². The van der Waals surface area contributed by atoms with Crippen LogP contribution in [0.1, 0.15) is 31.4 Å². The summed E-state index contributed by atoms with van der Waals surface area (Å²) in [4.78, 5) is 30.0. The first-order chi connectivity index (χ1) is 9.56. The average Bonchev–Trinajstić information content (AvgIpc) is 2.92. The molecule has 5 nitrogen and oxygen atoms in total. The van der Waals surface area contributed by atoms with Crippen molar-refractivity contribution in [3.8, 4) is 0 Å². The fourth-order valence-corrected chi connectivity index (χ4v) is 2.91. The summed E-state index contributed by atoms with van der Waals surface area (Å²) >= 11 is 1.56. The van der Waals surface area contributed by atoms with Crippen LogP contribution in [0.25, 0.3) is 0 Å². The van der Waals surface area contributed by atoms with Gasteiger partial charge in [-0.15, -0.1) is 11.3 Å². The van der Waals surface area contributed by atoms with Gasteiger partial charge in [-0.25, -0.2) is 4.98 Å². The highest BCUT2D eigenvalue weighted by Crippen LogP contribution is 2.25. The molecular formula is C14H13N3O2S. The topological polar surface area (TPSA) is 76.3 Å². The Morgan fingerprint density at radius 2 is 2.00 bits per heavy atom. The quantitative estimate of drug-likeness (QED) is 0.690. The highest BCUT2D eigenvalue weighted by atomic mass is 32.1. The minimum Gasteiger partial charge on any atom is -0.399 e. The van der Waals surface area contributed by atoms with Gasteiger partial charge in [-0.1, -0.05) is 0 Å². The lowest BCUT2D eigenvalue weighted by Gasteiger charge is -2.12. The third kappa shape index (κ3) is 2.08. The molecule has 0 saturated heterocycles. The second-order valence-electron chi connectivity index (χ2n) is 4.67. The number of thiazole rings is 1. The predicted octanol–water partition coefficient (Wildman–Crippen LogP) is 1.87. The van der Waals surface area contributed by atoms with Crippen molar-refractivity contribution in [1.82, 2.24) is 9.88 Å². The standard InChI is InChI=1S/C14H13N3O2S/c1-8-16-10(7-20-8)4-5-17-13(18)11-3-2-9(15)6-12(11)14(17)19/h2-3,6-7H,4-5,15H2,1H3. The van der Waals surface area contributed by atoms with Crippen molar-refractivity contribution in [3.05, 3.63) is 45.4 Å². The van der Waals surface area contributed by atoms with Gasteiger partial charge in [0, 0.05) is 24.0 Å². The highest BCUT2D eigenvalue weighted by Gasteiger charge is 2.35. The first-order valence-corrected chi connectivity index (χ1v) is 7.11. The van der Waals surface area contributed by atoms with Gasteiger partial charge in [0.2, 0.25) is 0 Å². The third-order valence-electron chi connectivity index (χ3n) is 3.25. The van der Waals surface area contributed by atoms with Crippen LogP contribution in [-0.4, -0.2) is 28.2 Å². The minimum absolute atomic E-state index is 0.253. The molecule has 0 unspecified atom stereocenters. The number of rotatable bonds is 3. The molecule has 0 fully saturated rings. The first kappa shape index (κ1) is 12.8. The van der Waals surface area contributed by atoms with Crippen molar-refractivity contribution in [3.63, 3.8) is 0 Å². The molecule has 3 rings (SSSR count). The number of nitrogens with two attached hydrogens (primary N) is 1. The van der Waals surface area contributed by atoms with Gasteiger partial charge in [-0.3, -0.25) is 14.5 Å². The minimum atomic E-state index is -0.274. The van der Waals surface area contributed by atoms with Gasteiger partial charge in [0.05, 0.1) is 21.8 Å². The number of aromatic nitrogens is 1. The Labute approximate surface area is 120 Å². The van der Waals surface area contributed by atoms with Gasteiger partial charge in [-0.05, 0) is 25.1 Å². The molecule has 0 bridgehead atoms. The van der Waals surface area contributed by atoms with Crippen LogP contribution in [0.15, 0.2) is 23.6 Å². The van der Waals surface area contributed by atoms with E-state index >= 15 is 0 Å². The van der Waals surface area contributed by atoms with E-state index in [9.17, 15) is 9.59 Å². The average molecular weight is 287 g/mol. The van der Waals surface area contributed by atoms with Gasteiger partial charge < -0.3 is 5.73 Å². The summed E-state index contributed by atoms with van der Waals surface area (Å²) in [6.07, 6.45) is 0.575. The molecule has 6 heteroatoms. The van der Waals surface area contributed by atoms with Crippen LogP contribution in [-0.2, 0) is 6.42 Å². The molecule has 1 aliphatic rings. The van der Waals surface area contributed by atoms with Crippen LogP contribution >= 0.6 is 11.3 Å². The number of carbonyl (C=O) groups excluding carboxylic acids is 2. The summed E-state index contributed by atoms with van der Waals surface area (Å²) in [6.45, 7) is 2.27. The third-order valence-corrected chi connectivity index (χ3v) is 4.08. The van der Waals surface area contributed by atoms with E-state index in [1.807, 2.05) is 12.3 Å². The largest absolute Gasteiger partial charge is 0.399 e. The summed E-state index contributed by atoms with van der Waals surface area (Å²) in [7, 11) is 0. The van der Waals surface area contributed by atoms with E-state index in [1.54, 1.807) is 29.5 Å². The molecule has 102 valence electrons. The Hall–Kier alpha value is -2.21. The maximum absolute atomic E-state index is 12.2. The Kier molecular flexibility index (Phi) is 3.02. The molecule has 0 radical (unpaired) electrons. The molecule has 2 aromatic rings. The van der Waals surface area contributed by atoms with E-state index in [-0.39, 0.29) is 11.8 Å². The number of hydrogen-bond acceptors (Lipinski definition) is 5. The summed E-state index contributed by atoms with van der Waals surface area (Å²) in [5.74, 6) is -0.527. The molecule has 0 saturated carbocycles. The molecule has 0 aliphatic carbocycles. The second-order valence-corrected chi connectivity index (χ2v) is 5.74. The first-order valence-electron chi connectivity index (χ1n) is 6.23. The van der Waals surface area contributed by atoms with Crippen molar-refractivity contribution < 1.29 is 9.59 Å². The highest BCUT2D eigenvalue weighted by molar-refractivity contribution is 7.09. The van der Waals surface area contributed by atoms with Gasteiger partial charge in [0.1, 0.15) is 0 Å². The van der Waals surface area contributed by atoms with Crippen molar-refractivity contribution in [1.29, 1.82) is 0 Å². The number of carbonyl (C=O) groups is 2. The summed E-state index contributed by atoms with van der Waals surface area (Å²) in [5, 5.41) is 2.93. The van der Waals surface area contributed by atoms with Crippen LogP contribution in [0.4, 0.5) is 5.69 Å². The number of aryl methyl sites for hydroxylation is 1. The Bertz CT molecular complexity index is 708. The molecule has 0 spiro atoms. The van der Waals surface area contributed by atoms with Crippen LogP contribution in [0.2, 0.25) is 0 Å². The predicted molar refractivity (Wildman–Crippen MR) is 76.8 cm³/mol. The monoisotopic (exact) mass is 287 g/mol. The number of benzene rings is 1. The number of amides is 2. The van der Waals surface area contributed by atoms with Gasteiger partial charge >= 0.3 is 0 Å². The lowest BCUT2D eigenvalue weighted by atomic mass is 10.1. The molecule has 2 N–H and O–H groups in total. The van der Waals surface area contributed by atoms with Crippen LogP contribution in [0.5, 0.6) is 0 Å².